The fourth-order valence-electron chi connectivity index (χ4n) is 2.38. The highest BCUT2D eigenvalue weighted by Gasteiger charge is 2.17. The Balaban J connectivity index is 2.07. The van der Waals surface area contributed by atoms with E-state index >= 15 is 0 Å². The predicted molar refractivity (Wildman–Crippen MR) is 73.5 cm³/mol. The second-order valence-electron chi connectivity index (χ2n) is 4.50. The molecule has 0 bridgehead atoms. The van der Waals surface area contributed by atoms with Crippen LogP contribution in [-0.2, 0) is 6.54 Å². The fraction of sp³-hybridized carbons (Fsp3) is 0.357. The Labute approximate surface area is 112 Å². The number of aromatic nitrogens is 2. The van der Waals surface area contributed by atoms with E-state index in [9.17, 15) is 0 Å². The molecule has 0 saturated heterocycles. The van der Waals surface area contributed by atoms with E-state index in [2.05, 4.69) is 11.9 Å². The lowest BCUT2D eigenvalue weighted by atomic mass is 10.1. The van der Waals surface area contributed by atoms with Crippen molar-refractivity contribution in [2.75, 3.05) is 18.9 Å². The molecule has 0 aliphatic carbocycles. The van der Waals surface area contributed by atoms with Crippen LogP contribution in [0.2, 0.25) is 0 Å². The van der Waals surface area contributed by atoms with E-state index in [0.717, 1.165) is 35.1 Å². The van der Waals surface area contributed by atoms with Crippen molar-refractivity contribution in [3.8, 4) is 22.8 Å². The lowest BCUT2D eigenvalue weighted by Gasteiger charge is -2.18. The maximum Gasteiger partial charge on any atom is 0.162 e. The number of nitrogens with zero attached hydrogens (tertiary/aromatic N) is 2. The molecule has 0 radical (unpaired) electrons. The number of anilines is 1. The molecular formula is C14H17N3O2. The average Bonchev–Trinajstić information content (AvgIpc) is 2.73. The molecule has 100 valence electrons. The van der Waals surface area contributed by atoms with E-state index in [4.69, 9.17) is 15.2 Å². The zero-order valence-corrected chi connectivity index (χ0v) is 11.1. The van der Waals surface area contributed by atoms with Crippen molar-refractivity contribution in [2.45, 2.75) is 20.4 Å². The molecule has 1 aliphatic heterocycles. The summed E-state index contributed by atoms with van der Waals surface area (Å²) in [5, 5.41) is 0. The van der Waals surface area contributed by atoms with Gasteiger partial charge in [0, 0.05) is 12.1 Å². The molecule has 2 N–H and O–H groups in total. The second-order valence-corrected chi connectivity index (χ2v) is 4.50. The zero-order valence-electron chi connectivity index (χ0n) is 11.1. The van der Waals surface area contributed by atoms with Gasteiger partial charge in [-0.15, -0.1) is 0 Å². The highest BCUT2D eigenvalue weighted by molar-refractivity contribution is 5.73. The van der Waals surface area contributed by atoms with Gasteiger partial charge in [0.05, 0.1) is 0 Å². The van der Waals surface area contributed by atoms with E-state index in [1.165, 1.54) is 0 Å². The first kappa shape index (κ1) is 11.9. The van der Waals surface area contributed by atoms with Crippen molar-refractivity contribution >= 4 is 5.82 Å². The third-order valence-electron chi connectivity index (χ3n) is 3.33. The molecule has 1 aromatic carbocycles. The SMILES string of the molecule is CCn1c(C)nc(-c2ccc3c(c2)OCCO3)c1N. The van der Waals surface area contributed by atoms with Gasteiger partial charge in [0.25, 0.3) is 0 Å². The molecule has 2 aromatic rings. The van der Waals surface area contributed by atoms with Crippen LogP contribution in [0.15, 0.2) is 18.2 Å². The van der Waals surface area contributed by atoms with E-state index < -0.39 is 0 Å². The lowest BCUT2D eigenvalue weighted by Crippen LogP contribution is -2.15. The summed E-state index contributed by atoms with van der Waals surface area (Å²) in [7, 11) is 0. The smallest absolute Gasteiger partial charge is 0.162 e. The number of benzene rings is 1. The monoisotopic (exact) mass is 259 g/mol. The highest BCUT2D eigenvalue weighted by Crippen LogP contribution is 2.36. The molecule has 5 nitrogen and oxygen atoms in total. The third kappa shape index (κ3) is 1.91. The van der Waals surface area contributed by atoms with Gasteiger partial charge in [-0.25, -0.2) is 4.98 Å². The van der Waals surface area contributed by atoms with Gasteiger partial charge < -0.3 is 19.8 Å². The molecule has 0 spiro atoms. The van der Waals surface area contributed by atoms with Crippen molar-refractivity contribution in [2.24, 2.45) is 0 Å². The van der Waals surface area contributed by atoms with Crippen molar-refractivity contribution < 1.29 is 9.47 Å². The summed E-state index contributed by atoms with van der Waals surface area (Å²) in [6, 6.07) is 5.81. The van der Waals surface area contributed by atoms with Crippen molar-refractivity contribution in [3.05, 3.63) is 24.0 Å². The Morgan fingerprint density at radius 1 is 1.26 bits per heavy atom. The molecular weight excluding hydrogens is 242 g/mol. The molecule has 1 aromatic heterocycles. The summed E-state index contributed by atoms with van der Waals surface area (Å²) in [6.45, 7) is 6.00. The van der Waals surface area contributed by atoms with Gasteiger partial charge in [-0.2, -0.15) is 0 Å². The molecule has 0 amide bonds. The summed E-state index contributed by atoms with van der Waals surface area (Å²) in [5.74, 6) is 3.15. The summed E-state index contributed by atoms with van der Waals surface area (Å²) in [6.07, 6.45) is 0. The van der Waals surface area contributed by atoms with Crippen LogP contribution in [-0.4, -0.2) is 22.8 Å². The largest absolute Gasteiger partial charge is 0.486 e. The number of ether oxygens (including phenoxy) is 2. The first-order valence-electron chi connectivity index (χ1n) is 6.43. The minimum atomic E-state index is 0.578. The zero-order chi connectivity index (χ0) is 13.4. The third-order valence-corrected chi connectivity index (χ3v) is 3.33. The number of aryl methyl sites for hydroxylation is 1. The number of rotatable bonds is 2. The van der Waals surface area contributed by atoms with E-state index in [1.54, 1.807) is 0 Å². The number of nitrogens with two attached hydrogens (primary N) is 1. The van der Waals surface area contributed by atoms with Crippen LogP contribution in [0.1, 0.15) is 12.7 Å². The molecule has 0 unspecified atom stereocenters. The van der Waals surface area contributed by atoms with Crippen LogP contribution in [0.5, 0.6) is 11.5 Å². The van der Waals surface area contributed by atoms with Crippen LogP contribution >= 0.6 is 0 Å². The molecule has 2 heterocycles. The number of imidazole rings is 1. The minimum absolute atomic E-state index is 0.578. The first-order valence-corrected chi connectivity index (χ1v) is 6.43. The quantitative estimate of drug-likeness (QED) is 0.898. The molecule has 0 saturated carbocycles. The first-order chi connectivity index (χ1) is 9.20. The molecule has 0 fully saturated rings. The van der Waals surface area contributed by atoms with Crippen LogP contribution < -0.4 is 15.2 Å². The molecule has 0 atom stereocenters. The number of hydrogen-bond donors (Lipinski definition) is 1. The fourth-order valence-corrected chi connectivity index (χ4v) is 2.38. The van der Waals surface area contributed by atoms with Crippen LogP contribution in [0.4, 0.5) is 5.82 Å². The van der Waals surface area contributed by atoms with Crippen LogP contribution in [0.3, 0.4) is 0 Å². The normalized spacial score (nSPS) is 13.6. The maximum absolute atomic E-state index is 6.15. The summed E-state index contributed by atoms with van der Waals surface area (Å²) >= 11 is 0. The van der Waals surface area contributed by atoms with Gasteiger partial charge in [-0.1, -0.05) is 0 Å². The molecule has 5 heteroatoms. The van der Waals surface area contributed by atoms with Gasteiger partial charge in [-0.3, -0.25) is 0 Å². The molecule has 1 aliphatic rings. The van der Waals surface area contributed by atoms with Crippen molar-refractivity contribution in [1.29, 1.82) is 0 Å². The standard InChI is InChI=1S/C14H17N3O2/c1-3-17-9(2)16-13(14(17)15)10-4-5-11-12(8-10)19-7-6-18-11/h4-5,8H,3,6-7,15H2,1-2H3. The Morgan fingerprint density at radius 3 is 2.68 bits per heavy atom. The Bertz CT molecular complexity index is 619. The highest BCUT2D eigenvalue weighted by atomic mass is 16.6. The second kappa shape index (κ2) is 4.50. The van der Waals surface area contributed by atoms with Gasteiger partial charge in [0.1, 0.15) is 30.5 Å². The van der Waals surface area contributed by atoms with Crippen LogP contribution in [0.25, 0.3) is 11.3 Å². The van der Waals surface area contributed by atoms with Crippen molar-refractivity contribution in [1.82, 2.24) is 9.55 Å². The Kier molecular flexibility index (Phi) is 2.81. The topological polar surface area (TPSA) is 62.3 Å². The summed E-state index contributed by atoms with van der Waals surface area (Å²) < 4.78 is 13.1. The lowest BCUT2D eigenvalue weighted by molar-refractivity contribution is 0.171. The number of nitrogen functional groups attached to an aromatic ring is 1. The van der Waals surface area contributed by atoms with Gasteiger partial charge >= 0.3 is 0 Å². The molecule has 19 heavy (non-hydrogen) atoms. The van der Waals surface area contributed by atoms with Gasteiger partial charge in [0.15, 0.2) is 11.5 Å². The maximum atomic E-state index is 6.15. The number of fused-ring (bicyclic) bond motifs is 1. The van der Waals surface area contributed by atoms with Crippen LogP contribution in [0, 0.1) is 6.92 Å². The van der Waals surface area contributed by atoms with E-state index in [-0.39, 0.29) is 0 Å². The summed E-state index contributed by atoms with van der Waals surface area (Å²) in [5.41, 5.74) is 7.91. The summed E-state index contributed by atoms with van der Waals surface area (Å²) in [4.78, 5) is 4.54. The Hall–Kier alpha value is -2.17. The Morgan fingerprint density at radius 2 is 2.00 bits per heavy atom. The molecule has 3 rings (SSSR count). The van der Waals surface area contributed by atoms with E-state index in [0.29, 0.717) is 19.0 Å². The van der Waals surface area contributed by atoms with Crippen molar-refractivity contribution in [3.63, 3.8) is 0 Å². The minimum Gasteiger partial charge on any atom is -0.486 e. The number of hydrogen-bond acceptors (Lipinski definition) is 4. The van der Waals surface area contributed by atoms with Gasteiger partial charge in [0.2, 0.25) is 0 Å². The predicted octanol–water partition coefficient (Wildman–Crippen LogP) is 2.23. The van der Waals surface area contributed by atoms with Gasteiger partial charge in [-0.05, 0) is 32.0 Å². The average molecular weight is 259 g/mol. The van der Waals surface area contributed by atoms with E-state index in [1.807, 2.05) is 29.7 Å².